The second-order valence-corrected chi connectivity index (χ2v) is 9.46. The Bertz CT molecular complexity index is 856. The number of carboxylic acid groups (broad SMARTS) is 8. The van der Waals surface area contributed by atoms with E-state index in [1.807, 2.05) is 0 Å². The number of hydrogen-bond donors (Lipinski definition) is 10. The summed E-state index contributed by atoms with van der Waals surface area (Å²) >= 11 is 0. The van der Waals surface area contributed by atoms with Gasteiger partial charge < -0.3 is 55.5 Å². The Labute approximate surface area is 281 Å². The van der Waals surface area contributed by atoms with Crippen molar-refractivity contribution in [3.8, 4) is 0 Å². The maximum Gasteiger partial charge on any atom is 1.00 e. The molecule has 0 aromatic heterocycles. The molecule has 0 bridgehead atoms. The Morgan fingerprint density at radius 2 is 0.478 bits per heavy atom. The minimum absolute atomic E-state index is 0. The van der Waals surface area contributed by atoms with Gasteiger partial charge in [-0.1, -0.05) is 0 Å². The molecule has 26 heteroatoms. The molecule has 0 spiro atoms. The van der Waals surface area contributed by atoms with Crippen molar-refractivity contribution in [3.63, 3.8) is 0 Å². The molecule has 0 saturated carbocycles. The maximum absolute atomic E-state index is 10.6. The van der Waals surface area contributed by atoms with Crippen LogP contribution in [0.25, 0.3) is 0 Å². The Morgan fingerprint density at radius 1 is 0.391 bits per heavy atom. The second kappa shape index (κ2) is 26.9. The second-order valence-electron chi connectivity index (χ2n) is 8.48. The van der Waals surface area contributed by atoms with Crippen LogP contribution in [0.3, 0.4) is 0 Å². The molecule has 0 saturated heterocycles. The first-order valence-electron chi connectivity index (χ1n) is 11.8. The van der Waals surface area contributed by atoms with Crippen LogP contribution in [0.5, 0.6) is 0 Å². The molecule has 0 aliphatic heterocycles. The van der Waals surface area contributed by atoms with E-state index in [1.165, 1.54) is 0 Å². The molecule has 10 N–H and O–H groups in total. The number of hydrogen-bond acceptors (Lipinski definition) is 14. The molecule has 46 heavy (non-hydrogen) atoms. The molecule has 0 amide bonds. The molecule has 0 aliphatic rings. The molecule has 0 fully saturated rings. The van der Waals surface area contributed by atoms with E-state index in [4.69, 9.17) is 60.1 Å². The molecule has 0 unspecified atom stereocenters. The number of aliphatic carboxylic acids is 8. The van der Waals surface area contributed by atoms with Crippen LogP contribution in [0.2, 0.25) is 0 Å². The van der Waals surface area contributed by atoms with Gasteiger partial charge in [-0.15, -0.1) is 0 Å². The van der Waals surface area contributed by atoms with Crippen molar-refractivity contribution in [3.05, 3.63) is 0 Å². The molecule has 260 valence electrons. The normalized spacial score (nSPS) is 10.6. The van der Waals surface area contributed by atoms with E-state index >= 15 is 0 Å². The molecule has 0 aromatic rings. The smallest absolute Gasteiger partial charge is 0.756 e. The number of rotatable bonds is 22. The third kappa shape index (κ3) is 42.8. The third-order valence-electron chi connectivity index (χ3n) is 4.34. The van der Waals surface area contributed by atoms with Crippen molar-refractivity contribution in [1.29, 1.82) is 0 Å². The van der Waals surface area contributed by atoms with Crippen molar-refractivity contribution in [2.45, 2.75) is 0 Å². The van der Waals surface area contributed by atoms with Crippen molar-refractivity contribution < 1.29 is 128 Å². The first kappa shape index (κ1) is 49.6. The van der Waals surface area contributed by atoms with Gasteiger partial charge >= 0.3 is 77.3 Å². The van der Waals surface area contributed by atoms with Crippen LogP contribution < -0.4 is 34.5 Å². The van der Waals surface area contributed by atoms with E-state index in [-0.39, 0.29) is 55.7 Å². The van der Waals surface area contributed by atoms with Gasteiger partial charge in [0.05, 0.1) is 52.4 Å². The van der Waals surface area contributed by atoms with Crippen molar-refractivity contribution in [2.24, 2.45) is 0 Å². The number of carboxylic acids is 8. The Balaban J connectivity index is -0.000000327. The average molecular weight is 704 g/mol. The van der Waals surface area contributed by atoms with Crippen LogP contribution in [0.15, 0.2) is 0 Å². The molecule has 0 rings (SSSR count). The summed E-state index contributed by atoms with van der Waals surface area (Å²) in [7, 11) is -4.89. The number of nitrogens with zero attached hydrogens (tertiary/aromatic N) is 4. The fourth-order valence-electron chi connectivity index (χ4n) is 2.95. The molecule has 0 aromatic carbocycles. The van der Waals surface area contributed by atoms with Crippen molar-refractivity contribution >= 4 is 55.6 Å². The summed E-state index contributed by atoms with van der Waals surface area (Å²) < 4.78 is 8.77. The topological polar surface area (TPSA) is 392 Å². The van der Waals surface area contributed by atoms with Crippen LogP contribution in [0, 0.1) is 0 Å². The summed E-state index contributed by atoms with van der Waals surface area (Å²) in [6, 6.07) is 0. The van der Waals surface area contributed by atoms with Gasteiger partial charge in [-0.05, 0) is 0 Å². The van der Waals surface area contributed by atoms with Crippen LogP contribution in [0.4, 0.5) is 0 Å². The summed E-state index contributed by atoms with van der Waals surface area (Å²) in [5.41, 5.74) is 0. The quantitative estimate of drug-likeness (QED) is 0.0369. The van der Waals surface area contributed by atoms with Gasteiger partial charge in [0.2, 0.25) is 0 Å². The summed E-state index contributed by atoms with van der Waals surface area (Å²) in [6.07, 6.45) is 0. The van der Waals surface area contributed by atoms with Gasteiger partial charge in [0.15, 0.2) is 0 Å². The standard InChI is InChI=1S/2C10H16N2O8.Na.H3O4P/c2*13-7(14)3-11(4-8(15)16)1-2-12(5-9(17)18)6-10(19)20;;1-5(2,3)4/h2*1-6H2,(H,13,14)(H,15,16)(H,17,18)(H,19,20);;(H3,1,2,3,4)/q;;+1;/p-1. The van der Waals surface area contributed by atoms with Crippen LogP contribution >= 0.6 is 7.82 Å². The summed E-state index contributed by atoms with van der Waals surface area (Å²) in [5, 5.41) is 68.9. The fraction of sp³-hybridized carbons (Fsp3) is 0.600. The summed E-state index contributed by atoms with van der Waals surface area (Å²) in [5.74, 6) is -9.82. The molecular weight excluding hydrogens is 670 g/mol. The average Bonchev–Trinajstić information content (AvgIpc) is 2.77. The van der Waals surface area contributed by atoms with Gasteiger partial charge in [0, 0.05) is 26.2 Å². The Kier molecular flexibility index (Phi) is 29.0. The zero-order valence-corrected chi connectivity index (χ0v) is 27.2. The maximum atomic E-state index is 10.6. The van der Waals surface area contributed by atoms with Crippen LogP contribution in [0.1, 0.15) is 0 Å². The molecule has 0 radical (unpaired) electrons. The zero-order valence-electron chi connectivity index (χ0n) is 24.3. The van der Waals surface area contributed by atoms with E-state index in [1.54, 1.807) is 0 Å². The minimum atomic E-state index is -4.89. The van der Waals surface area contributed by atoms with Crippen molar-refractivity contribution in [1.82, 2.24) is 19.6 Å². The van der Waals surface area contributed by atoms with E-state index < -0.39 is 108 Å². The Morgan fingerprint density at radius 3 is 0.543 bits per heavy atom. The summed E-state index contributed by atoms with van der Waals surface area (Å²) in [6.45, 7) is -4.50. The first-order valence-corrected chi connectivity index (χ1v) is 13.3. The molecule has 0 atom stereocenters. The fourth-order valence-corrected chi connectivity index (χ4v) is 2.95. The van der Waals surface area contributed by atoms with Gasteiger partial charge in [-0.3, -0.25) is 62.5 Å². The molecule has 24 nitrogen and oxygen atoms in total. The van der Waals surface area contributed by atoms with E-state index in [2.05, 4.69) is 0 Å². The van der Waals surface area contributed by atoms with Gasteiger partial charge in [-0.25, -0.2) is 0 Å². The predicted octanol–water partition coefficient (Wildman–Crippen LogP) is -8.70. The summed E-state index contributed by atoms with van der Waals surface area (Å²) in [4.78, 5) is 112. The van der Waals surface area contributed by atoms with E-state index in [0.29, 0.717) is 0 Å². The monoisotopic (exact) mass is 704 g/mol. The Hall–Kier alpha value is -3.29. The predicted molar refractivity (Wildman–Crippen MR) is 139 cm³/mol. The largest absolute Gasteiger partial charge is 1.00 e. The van der Waals surface area contributed by atoms with Crippen LogP contribution in [-0.2, 0) is 42.9 Å². The van der Waals surface area contributed by atoms with Gasteiger partial charge in [0.1, 0.15) is 0 Å². The minimum Gasteiger partial charge on any atom is -0.756 e. The molecular formula is C20H34N4NaO20P. The van der Waals surface area contributed by atoms with E-state index in [9.17, 15) is 38.4 Å². The van der Waals surface area contributed by atoms with Gasteiger partial charge in [-0.2, -0.15) is 0 Å². The SMILES string of the molecule is O=C(O)CN(CCN(CC(=O)O)CC(=O)O)CC(=O)O.O=C(O)CN(CCN(CC(=O)O)CC(=O)O)CC(=O)O.O=P([O-])(O)O.[Na+]. The third-order valence-corrected chi connectivity index (χ3v) is 4.34. The van der Waals surface area contributed by atoms with Crippen molar-refractivity contribution in [2.75, 3.05) is 78.5 Å². The zero-order chi connectivity index (χ0) is 35.9. The van der Waals surface area contributed by atoms with E-state index in [0.717, 1.165) is 19.6 Å². The van der Waals surface area contributed by atoms with Crippen LogP contribution in [-0.4, -0.2) is 197 Å². The molecule has 0 aliphatic carbocycles. The first-order chi connectivity index (χ1) is 20.4. The van der Waals surface area contributed by atoms with Gasteiger partial charge in [0.25, 0.3) is 7.82 Å². The number of phosphoric acid groups is 1. The molecule has 0 heterocycles. The number of carbonyl (C=O) groups is 8.